The first-order chi connectivity index (χ1) is 17.4. The highest BCUT2D eigenvalue weighted by atomic mass is 32.1. The SMILES string of the molecule is Cc1nc(NCC(F)(F)F)nc(NC2CCN(C(=O)OC(C)(C)C)C2)c1-c1nc2c(s1)/C=C\C=C/CC2. The van der Waals surface area contributed by atoms with Crippen molar-refractivity contribution in [3.8, 4) is 10.6 Å². The molecule has 8 nitrogen and oxygen atoms in total. The number of likely N-dealkylation sites (tertiary alicyclic amines) is 1. The number of nitrogens with one attached hydrogen (secondary N) is 2. The number of hydrogen-bond donors (Lipinski definition) is 2. The zero-order chi connectivity index (χ0) is 26.8. The van der Waals surface area contributed by atoms with E-state index in [0.717, 1.165) is 23.4 Å². The number of carbonyl (C=O) groups is 1. The average Bonchev–Trinajstić information content (AvgIpc) is 3.37. The molecule has 0 bridgehead atoms. The molecule has 4 rings (SSSR count). The van der Waals surface area contributed by atoms with Crippen molar-refractivity contribution in [2.75, 3.05) is 30.3 Å². The number of hydrogen-bond acceptors (Lipinski definition) is 8. The maximum Gasteiger partial charge on any atom is 0.410 e. The van der Waals surface area contributed by atoms with E-state index in [1.807, 2.05) is 39.0 Å². The molecule has 0 saturated carbocycles. The van der Waals surface area contributed by atoms with Gasteiger partial charge in [0.25, 0.3) is 0 Å². The van der Waals surface area contributed by atoms with Crippen molar-refractivity contribution in [1.82, 2.24) is 19.9 Å². The highest BCUT2D eigenvalue weighted by molar-refractivity contribution is 7.16. The zero-order valence-electron chi connectivity index (χ0n) is 21.3. The fraction of sp³-hybridized carbons (Fsp3) is 0.520. The number of alkyl halides is 3. The average molecular weight is 537 g/mol. The molecule has 1 atom stereocenters. The molecule has 2 aromatic heterocycles. The van der Waals surface area contributed by atoms with E-state index in [0.29, 0.717) is 41.6 Å². The van der Waals surface area contributed by atoms with E-state index in [9.17, 15) is 18.0 Å². The molecule has 1 aliphatic carbocycles. The van der Waals surface area contributed by atoms with Gasteiger partial charge in [-0.25, -0.2) is 14.8 Å². The number of rotatable bonds is 5. The second-order valence-corrected chi connectivity index (χ2v) is 11.1. The molecule has 1 amide bonds. The minimum Gasteiger partial charge on any atom is -0.444 e. The van der Waals surface area contributed by atoms with Crippen LogP contribution in [0.4, 0.5) is 29.7 Å². The molecule has 12 heteroatoms. The molecule has 1 saturated heterocycles. The minimum atomic E-state index is -4.41. The van der Waals surface area contributed by atoms with Gasteiger partial charge in [0.15, 0.2) is 0 Å². The first-order valence-corrected chi connectivity index (χ1v) is 13.0. The van der Waals surface area contributed by atoms with Crippen LogP contribution in [0.15, 0.2) is 18.2 Å². The van der Waals surface area contributed by atoms with Gasteiger partial charge in [0.1, 0.15) is 23.0 Å². The summed E-state index contributed by atoms with van der Waals surface area (Å²) in [6, 6.07) is -0.166. The number of halogens is 3. The quantitative estimate of drug-likeness (QED) is 0.498. The lowest BCUT2D eigenvalue weighted by Gasteiger charge is -2.24. The van der Waals surface area contributed by atoms with Crippen LogP contribution in [0.5, 0.6) is 0 Å². The van der Waals surface area contributed by atoms with Gasteiger partial charge in [0.2, 0.25) is 5.95 Å². The molecule has 2 N–H and O–H groups in total. The molecular formula is C25H31F3N6O2S. The first-order valence-electron chi connectivity index (χ1n) is 12.1. The largest absolute Gasteiger partial charge is 0.444 e. The van der Waals surface area contributed by atoms with Gasteiger partial charge in [-0.15, -0.1) is 11.3 Å². The van der Waals surface area contributed by atoms with Crippen molar-refractivity contribution in [3.05, 3.63) is 34.5 Å². The first kappa shape index (κ1) is 26.9. The molecule has 37 heavy (non-hydrogen) atoms. The Labute approximate surface area is 218 Å². The van der Waals surface area contributed by atoms with Crippen molar-refractivity contribution in [1.29, 1.82) is 0 Å². The number of carbonyl (C=O) groups excluding carboxylic acids is 1. The van der Waals surface area contributed by atoms with Crippen molar-refractivity contribution in [3.63, 3.8) is 0 Å². The van der Waals surface area contributed by atoms with Crippen LogP contribution in [-0.2, 0) is 11.2 Å². The summed E-state index contributed by atoms with van der Waals surface area (Å²) in [5, 5.41) is 6.33. The zero-order valence-corrected chi connectivity index (χ0v) is 22.1. The number of ether oxygens (including phenoxy) is 1. The number of thiazole rings is 1. The Morgan fingerprint density at radius 2 is 2.00 bits per heavy atom. The van der Waals surface area contributed by atoms with Crippen molar-refractivity contribution < 1.29 is 22.7 Å². The number of fused-ring (bicyclic) bond motifs is 1. The van der Waals surface area contributed by atoms with Gasteiger partial charge >= 0.3 is 12.3 Å². The maximum atomic E-state index is 12.8. The summed E-state index contributed by atoms with van der Waals surface area (Å²) in [6.07, 6.45) is 5.53. The summed E-state index contributed by atoms with van der Waals surface area (Å²) in [4.78, 5) is 28.7. The Balaban J connectivity index is 1.63. The summed E-state index contributed by atoms with van der Waals surface area (Å²) in [7, 11) is 0. The Hall–Kier alpha value is -3.15. The number of aromatic nitrogens is 3. The predicted octanol–water partition coefficient (Wildman–Crippen LogP) is 5.82. The lowest BCUT2D eigenvalue weighted by molar-refractivity contribution is -0.115. The lowest BCUT2D eigenvalue weighted by Crippen LogP contribution is -2.36. The Kier molecular flexibility index (Phi) is 7.77. The second kappa shape index (κ2) is 10.7. The molecule has 1 aliphatic heterocycles. The van der Waals surface area contributed by atoms with Gasteiger partial charge in [0.05, 0.1) is 21.8 Å². The molecule has 200 valence electrons. The van der Waals surface area contributed by atoms with Crippen LogP contribution in [-0.4, -0.2) is 63.4 Å². The van der Waals surface area contributed by atoms with E-state index in [1.54, 1.807) is 11.8 Å². The van der Waals surface area contributed by atoms with Gasteiger partial charge in [-0.3, -0.25) is 0 Å². The normalized spacial score (nSPS) is 19.5. The van der Waals surface area contributed by atoms with Gasteiger partial charge in [-0.05, 0) is 53.0 Å². The fourth-order valence-electron chi connectivity index (χ4n) is 4.07. The molecule has 1 unspecified atom stereocenters. The summed E-state index contributed by atoms with van der Waals surface area (Å²) < 4.78 is 44.0. The van der Waals surface area contributed by atoms with Gasteiger partial charge in [-0.1, -0.05) is 18.2 Å². The van der Waals surface area contributed by atoms with Crippen LogP contribution in [0.2, 0.25) is 0 Å². The van der Waals surface area contributed by atoms with E-state index in [2.05, 4.69) is 26.7 Å². The monoisotopic (exact) mass is 536 g/mol. The minimum absolute atomic E-state index is 0.123. The topological polar surface area (TPSA) is 92.3 Å². The number of allylic oxidation sites excluding steroid dienone is 3. The molecule has 0 spiro atoms. The Morgan fingerprint density at radius 3 is 2.73 bits per heavy atom. The van der Waals surface area contributed by atoms with Crippen LogP contribution in [0.25, 0.3) is 16.6 Å². The predicted molar refractivity (Wildman–Crippen MR) is 139 cm³/mol. The van der Waals surface area contributed by atoms with Crippen LogP contribution in [0.3, 0.4) is 0 Å². The van der Waals surface area contributed by atoms with Gasteiger partial charge in [-0.2, -0.15) is 18.2 Å². The van der Waals surface area contributed by atoms with E-state index in [1.165, 1.54) is 11.3 Å². The second-order valence-electron chi connectivity index (χ2n) is 10.0. The van der Waals surface area contributed by atoms with Gasteiger partial charge in [0, 0.05) is 19.1 Å². The molecule has 2 aliphatic rings. The summed E-state index contributed by atoms with van der Waals surface area (Å²) in [5.41, 5.74) is 1.51. The third-order valence-electron chi connectivity index (χ3n) is 5.70. The highest BCUT2D eigenvalue weighted by Gasteiger charge is 2.32. The molecule has 0 aromatic carbocycles. The third-order valence-corrected chi connectivity index (χ3v) is 6.78. The van der Waals surface area contributed by atoms with Crippen molar-refractivity contribution in [2.45, 2.75) is 64.8 Å². The van der Waals surface area contributed by atoms with Crippen LogP contribution < -0.4 is 10.6 Å². The lowest BCUT2D eigenvalue weighted by atomic mass is 10.1. The van der Waals surface area contributed by atoms with E-state index in [-0.39, 0.29) is 12.0 Å². The number of amides is 1. The Bertz CT molecular complexity index is 1200. The third kappa shape index (κ3) is 7.21. The molecule has 3 heterocycles. The fourth-order valence-corrected chi connectivity index (χ4v) is 5.20. The van der Waals surface area contributed by atoms with Crippen LogP contribution >= 0.6 is 11.3 Å². The highest BCUT2D eigenvalue weighted by Crippen LogP contribution is 2.37. The summed E-state index contributed by atoms with van der Waals surface area (Å²) in [6.45, 7) is 6.80. The molecule has 1 fully saturated rings. The van der Waals surface area contributed by atoms with E-state index in [4.69, 9.17) is 9.72 Å². The van der Waals surface area contributed by atoms with Crippen LogP contribution in [0, 0.1) is 6.92 Å². The number of anilines is 2. The summed E-state index contributed by atoms with van der Waals surface area (Å²) >= 11 is 1.50. The number of nitrogens with zero attached hydrogens (tertiary/aromatic N) is 4. The standard InChI is InChI=1S/C25H31F3N6O2S/c1-15-19(21-32-17-9-7-5-6-8-10-18(17)37-21)20(33-22(30-15)29-14-25(26,27)28)31-16-11-12-34(13-16)23(35)36-24(2,3)4/h5-6,8,10,16H,7,9,11-14H2,1-4H3,(H2,29,30,31,33)/b6-5-,10-8-. The maximum absolute atomic E-state index is 12.8. The number of aryl methyl sites for hydroxylation is 2. The van der Waals surface area contributed by atoms with Gasteiger partial charge < -0.3 is 20.3 Å². The molecule has 0 radical (unpaired) electrons. The smallest absolute Gasteiger partial charge is 0.410 e. The molecular weight excluding hydrogens is 505 g/mol. The summed E-state index contributed by atoms with van der Waals surface area (Å²) in [5.74, 6) is 0.263. The Morgan fingerprint density at radius 1 is 1.22 bits per heavy atom. The van der Waals surface area contributed by atoms with Crippen LogP contribution in [0.1, 0.15) is 49.9 Å². The molecule has 2 aromatic rings. The van der Waals surface area contributed by atoms with E-state index < -0.39 is 24.4 Å². The van der Waals surface area contributed by atoms with Crippen molar-refractivity contribution >= 4 is 35.3 Å². The van der Waals surface area contributed by atoms with E-state index >= 15 is 0 Å². The van der Waals surface area contributed by atoms with Crippen molar-refractivity contribution in [2.24, 2.45) is 0 Å².